The Balaban J connectivity index is 2.17. The molecule has 0 aliphatic carbocycles. The quantitative estimate of drug-likeness (QED) is 0.732. The van der Waals surface area contributed by atoms with Gasteiger partial charge in [0.05, 0.1) is 6.61 Å². The lowest BCUT2D eigenvalue weighted by atomic mass is 10.1. The Morgan fingerprint density at radius 3 is 2.80 bits per heavy atom. The number of anilines is 1. The number of hydrogen-bond acceptors (Lipinski definition) is 4. The minimum atomic E-state index is 0.0701. The predicted octanol–water partition coefficient (Wildman–Crippen LogP) is 0.292. The van der Waals surface area contributed by atoms with Crippen LogP contribution in [0.2, 0.25) is 0 Å². The standard InChI is InChI=1S/C11H17N3O/c1-9-6-11(13-7-10(9)8-15)14-4-2-12-3-5-14/h6-7,12,15H,2-5,8H2,1H3. The molecule has 0 atom stereocenters. The van der Waals surface area contributed by atoms with Crippen LogP contribution in [-0.4, -0.2) is 36.3 Å². The summed E-state index contributed by atoms with van der Waals surface area (Å²) in [5, 5.41) is 12.4. The monoisotopic (exact) mass is 207 g/mol. The third-order valence-electron chi connectivity index (χ3n) is 2.82. The topological polar surface area (TPSA) is 48.4 Å². The van der Waals surface area contributed by atoms with E-state index in [4.69, 9.17) is 5.11 Å². The molecule has 1 aliphatic rings. The van der Waals surface area contributed by atoms with E-state index in [9.17, 15) is 0 Å². The summed E-state index contributed by atoms with van der Waals surface area (Å²) in [5.41, 5.74) is 2.02. The SMILES string of the molecule is Cc1cc(N2CCNCC2)ncc1CO. The van der Waals surface area contributed by atoms with Crippen molar-refractivity contribution in [2.24, 2.45) is 0 Å². The molecule has 0 amide bonds. The first-order valence-corrected chi connectivity index (χ1v) is 5.33. The normalized spacial score (nSPS) is 16.8. The second kappa shape index (κ2) is 4.59. The number of rotatable bonds is 2. The first kappa shape index (κ1) is 10.4. The molecule has 1 saturated heterocycles. The van der Waals surface area contributed by atoms with Gasteiger partial charge in [0.2, 0.25) is 0 Å². The molecule has 0 bridgehead atoms. The van der Waals surface area contributed by atoms with E-state index in [1.807, 2.05) is 6.92 Å². The highest BCUT2D eigenvalue weighted by Crippen LogP contribution is 2.16. The van der Waals surface area contributed by atoms with Gasteiger partial charge in [-0.3, -0.25) is 0 Å². The molecule has 1 aromatic heterocycles. The molecule has 0 aromatic carbocycles. The van der Waals surface area contributed by atoms with Crippen LogP contribution in [0, 0.1) is 6.92 Å². The molecule has 2 heterocycles. The third-order valence-corrected chi connectivity index (χ3v) is 2.82. The molecule has 2 N–H and O–H groups in total. The van der Waals surface area contributed by atoms with Crippen LogP contribution >= 0.6 is 0 Å². The Hall–Kier alpha value is -1.13. The molecular formula is C11H17N3O. The molecular weight excluding hydrogens is 190 g/mol. The Morgan fingerprint density at radius 2 is 2.20 bits per heavy atom. The van der Waals surface area contributed by atoms with E-state index >= 15 is 0 Å². The van der Waals surface area contributed by atoms with Gasteiger partial charge in [-0.1, -0.05) is 0 Å². The van der Waals surface area contributed by atoms with Crippen molar-refractivity contribution in [2.45, 2.75) is 13.5 Å². The van der Waals surface area contributed by atoms with Crippen LogP contribution < -0.4 is 10.2 Å². The van der Waals surface area contributed by atoms with Gasteiger partial charge >= 0.3 is 0 Å². The zero-order chi connectivity index (χ0) is 10.7. The average Bonchev–Trinajstić information content (AvgIpc) is 2.30. The number of piperazine rings is 1. The van der Waals surface area contributed by atoms with E-state index in [2.05, 4.69) is 21.3 Å². The summed E-state index contributed by atoms with van der Waals surface area (Å²) in [6, 6.07) is 2.05. The molecule has 0 unspecified atom stereocenters. The van der Waals surface area contributed by atoms with E-state index < -0.39 is 0 Å². The highest BCUT2D eigenvalue weighted by atomic mass is 16.3. The van der Waals surface area contributed by atoms with Crippen LogP contribution in [0.3, 0.4) is 0 Å². The summed E-state index contributed by atoms with van der Waals surface area (Å²) in [6.07, 6.45) is 1.77. The summed E-state index contributed by atoms with van der Waals surface area (Å²) >= 11 is 0. The molecule has 0 saturated carbocycles. The van der Waals surface area contributed by atoms with Crippen molar-refractivity contribution in [1.82, 2.24) is 10.3 Å². The largest absolute Gasteiger partial charge is 0.392 e. The van der Waals surface area contributed by atoms with Crippen molar-refractivity contribution in [3.05, 3.63) is 23.4 Å². The lowest BCUT2D eigenvalue weighted by Gasteiger charge is -2.28. The summed E-state index contributed by atoms with van der Waals surface area (Å²) in [5.74, 6) is 1.02. The van der Waals surface area contributed by atoms with E-state index in [-0.39, 0.29) is 6.61 Å². The van der Waals surface area contributed by atoms with Gasteiger partial charge < -0.3 is 15.3 Å². The van der Waals surface area contributed by atoms with Gasteiger partial charge in [-0.25, -0.2) is 4.98 Å². The summed E-state index contributed by atoms with van der Waals surface area (Å²) in [4.78, 5) is 6.64. The van der Waals surface area contributed by atoms with Gasteiger partial charge in [-0.2, -0.15) is 0 Å². The van der Waals surface area contributed by atoms with Crippen molar-refractivity contribution in [3.63, 3.8) is 0 Å². The van der Waals surface area contributed by atoms with Gasteiger partial charge in [0.25, 0.3) is 0 Å². The lowest BCUT2D eigenvalue weighted by molar-refractivity contribution is 0.280. The first-order valence-electron chi connectivity index (χ1n) is 5.33. The van der Waals surface area contributed by atoms with Crippen LogP contribution in [0.5, 0.6) is 0 Å². The van der Waals surface area contributed by atoms with Crippen molar-refractivity contribution in [2.75, 3.05) is 31.1 Å². The van der Waals surface area contributed by atoms with Gasteiger partial charge in [0, 0.05) is 32.4 Å². The predicted molar refractivity (Wildman–Crippen MR) is 60.0 cm³/mol. The molecule has 15 heavy (non-hydrogen) atoms. The summed E-state index contributed by atoms with van der Waals surface area (Å²) in [7, 11) is 0. The summed E-state index contributed by atoms with van der Waals surface area (Å²) < 4.78 is 0. The number of aromatic nitrogens is 1. The minimum Gasteiger partial charge on any atom is -0.392 e. The zero-order valence-electron chi connectivity index (χ0n) is 9.03. The molecule has 1 aliphatic heterocycles. The highest BCUT2D eigenvalue weighted by Gasteiger charge is 2.12. The number of aliphatic hydroxyl groups is 1. The Kier molecular flexibility index (Phi) is 3.18. The van der Waals surface area contributed by atoms with Crippen LogP contribution in [0.25, 0.3) is 0 Å². The maximum absolute atomic E-state index is 9.06. The number of nitrogens with one attached hydrogen (secondary N) is 1. The fourth-order valence-electron chi connectivity index (χ4n) is 1.80. The van der Waals surface area contributed by atoms with E-state index in [1.165, 1.54) is 0 Å². The van der Waals surface area contributed by atoms with Gasteiger partial charge in [0.1, 0.15) is 5.82 Å². The molecule has 1 fully saturated rings. The minimum absolute atomic E-state index is 0.0701. The molecule has 0 spiro atoms. The Labute approximate surface area is 89.9 Å². The number of aryl methyl sites for hydroxylation is 1. The van der Waals surface area contributed by atoms with E-state index in [1.54, 1.807) is 6.20 Å². The Bertz CT molecular complexity index is 335. The van der Waals surface area contributed by atoms with Gasteiger partial charge in [-0.05, 0) is 24.1 Å². The maximum atomic E-state index is 9.06. The van der Waals surface area contributed by atoms with E-state index in [0.29, 0.717) is 0 Å². The smallest absolute Gasteiger partial charge is 0.128 e. The number of aliphatic hydroxyl groups excluding tert-OH is 1. The fraction of sp³-hybridized carbons (Fsp3) is 0.545. The van der Waals surface area contributed by atoms with Gasteiger partial charge in [0.15, 0.2) is 0 Å². The molecule has 2 rings (SSSR count). The van der Waals surface area contributed by atoms with Crippen molar-refractivity contribution >= 4 is 5.82 Å². The second-order valence-electron chi connectivity index (χ2n) is 3.86. The molecule has 4 heteroatoms. The summed E-state index contributed by atoms with van der Waals surface area (Å²) in [6.45, 7) is 6.13. The van der Waals surface area contributed by atoms with Crippen LogP contribution in [0.4, 0.5) is 5.82 Å². The highest BCUT2D eigenvalue weighted by molar-refractivity contribution is 5.43. The number of nitrogens with zero attached hydrogens (tertiary/aromatic N) is 2. The van der Waals surface area contributed by atoms with Crippen molar-refractivity contribution < 1.29 is 5.11 Å². The second-order valence-corrected chi connectivity index (χ2v) is 3.86. The molecule has 82 valence electrons. The maximum Gasteiger partial charge on any atom is 0.128 e. The van der Waals surface area contributed by atoms with Crippen molar-refractivity contribution in [3.8, 4) is 0 Å². The number of hydrogen-bond donors (Lipinski definition) is 2. The molecule has 0 radical (unpaired) electrons. The van der Waals surface area contributed by atoms with Gasteiger partial charge in [-0.15, -0.1) is 0 Å². The fourth-order valence-corrected chi connectivity index (χ4v) is 1.80. The van der Waals surface area contributed by atoms with Crippen molar-refractivity contribution in [1.29, 1.82) is 0 Å². The molecule has 1 aromatic rings. The third kappa shape index (κ3) is 2.27. The van der Waals surface area contributed by atoms with Crippen LogP contribution in [0.15, 0.2) is 12.3 Å². The average molecular weight is 207 g/mol. The number of pyridine rings is 1. The van der Waals surface area contributed by atoms with E-state index in [0.717, 1.165) is 43.1 Å². The Morgan fingerprint density at radius 1 is 1.47 bits per heavy atom. The molecule has 4 nitrogen and oxygen atoms in total. The lowest BCUT2D eigenvalue weighted by Crippen LogP contribution is -2.43. The zero-order valence-corrected chi connectivity index (χ0v) is 9.03. The van der Waals surface area contributed by atoms with Crippen LogP contribution in [-0.2, 0) is 6.61 Å². The van der Waals surface area contributed by atoms with Crippen LogP contribution in [0.1, 0.15) is 11.1 Å². The first-order chi connectivity index (χ1) is 7.31.